The first-order valence-electron chi connectivity index (χ1n) is 8.48. The number of nitrogens with one attached hydrogen (secondary N) is 1. The van der Waals surface area contributed by atoms with Crippen LogP contribution in [0, 0.1) is 19.8 Å². The van der Waals surface area contributed by atoms with Crippen LogP contribution >= 0.6 is 0 Å². The summed E-state index contributed by atoms with van der Waals surface area (Å²) in [5.74, 6) is 1.19. The van der Waals surface area contributed by atoms with Gasteiger partial charge in [0.2, 0.25) is 5.95 Å². The van der Waals surface area contributed by atoms with Gasteiger partial charge in [-0.05, 0) is 55.9 Å². The zero-order valence-electron chi connectivity index (χ0n) is 14.5. The average molecular weight is 324 g/mol. The zero-order chi connectivity index (χ0) is 17.1. The summed E-state index contributed by atoms with van der Waals surface area (Å²) in [6, 6.07) is 5.98. The first-order chi connectivity index (χ1) is 11.5. The van der Waals surface area contributed by atoms with Gasteiger partial charge in [-0.3, -0.25) is 4.79 Å². The van der Waals surface area contributed by atoms with Gasteiger partial charge < -0.3 is 10.2 Å². The molecule has 0 radical (unpaired) electrons. The molecule has 0 saturated carbocycles. The highest BCUT2D eigenvalue weighted by atomic mass is 16.1. The Labute approximate surface area is 143 Å². The fourth-order valence-corrected chi connectivity index (χ4v) is 3.22. The Morgan fingerprint density at radius 2 is 1.83 bits per heavy atom. The summed E-state index contributed by atoms with van der Waals surface area (Å²) < 4.78 is 0. The van der Waals surface area contributed by atoms with E-state index < -0.39 is 0 Å². The van der Waals surface area contributed by atoms with E-state index in [-0.39, 0.29) is 5.91 Å². The second-order valence-electron chi connectivity index (χ2n) is 6.80. The van der Waals surface area contributed by atoms with Crippen LogP contribution in [0.4, 0.5) is 11.6 Å². The van der Waals surface area contributed by atoms with Gasteiger partial charge in [0.1, 0.15) is 0 Å². The largest absolute Gasteiger partial charge is 0.341 e. The van der Waals surface area contributed by atoms with Crippen molar-refractivity contribution < 1.29 is 4.79 Å². The number of aromatic nitrogens is 2. The Bertz CT molecular complexity index is 706. The van der Waals surface area contributed by atoms with E-state index in [0.717, 1.165) is 29.9 Å². The number of carbonyl (C=O) groups is 1. The van der Waals surface area contributed by atoms with Crippen molar-refractivity contribution in [2.75, 3.05) is 23.3 Å². The number of amides is 1. The predicted molar refractivity (Wildman–Crippen MR) is 96.5 cm³/mol. The molecular formula is C19H24N4O. The number of nitrogens with zero attached hydrogens (tertiary/aromatic N) is 3. The van der Waals surface area contributed by atoms with Crippen LogP contribution in [0.1, 0.15) is 41.3 Å². The molecule has 126 valence electrons. The molecule has 1 aliphatic rings. The van der Waals surface area contributed by atoms with E-state index in [1.807, 2.05) is 26.0 Å². The number of hydrogen-bond acceptors (Lipinski definition) is 4. The minimum atomic E-state index is -0.182. The quantitative estimate of drug-likeness (QED) is 0.937. The van der Waals surface area contributed by atoms with Crippen molar-refractivity contribution >= 4 is 17.5 Å². The maximum Gasteiger partial charge on any atom is 0.258 e. The Kier molecular flexibility index (Phi) is 4.79. The van der Waals surface area contributed by atoms with E-state index in [4.69, 9.17) is 0 Å². The van der Waals surface area contributed by atoms with Gasteiger partial charge in [0.15, 0.2) is 0 Å². The Hall–Kier alpha value is -2.43. The Morgan fingerprint density at radius 3 is 2.46 bits per heavy atom. The topological polar surface area (TPSA) is 58.1 Å². The van der Waals surface area contributed by atoms with E-state index in [2.05, 4.69) is 33.2 Å². The highest BCUT2D eigenvalue weighted by molar-refractivity contribution is 6.04. The number of anilines is 2. The third-order valence-corrected chi connectivity index (χ3v) is 4.32. The molecule has 0 spiro atoms. The number of benzene rings is 1. The van der Waals surface area contributed by atoms with Crippen LogP contribution in [0.3, 0.4) is 0 Å². The number of piperidine rings is 1. The van der Waals surface area contributed by atoms with Gasteiger partial charge in [-0.25, -0.2) is 9.97 Å². The molecule has 1 N–H and O–H groups in total. The van der Waals surface area contributed by atoms with Gasteiger partial charge >= 0.3 is 0 Å². The maximum atomic E-state index is 12.4. The third-order valence-electron chi connectivity index (χ3n) is 4.32. The molecule has 1 amide bonds. The lowest BCUT2D eigenvalue weighted by atomic mass is 10.0. The van der Waals surface area contributed by atoms with Crippen molar-refractivity contribution in [1.82, 2.24) is 9.97 Å². The molecular weight excluding hydrogens is 300 g/mol. The second kappa shape index (κ2) is 6.99. The van der Waals surface area contributed by atoms with Gasteiger partial charge in [-0.15, -0.1) is 0 Å². The summed E-state index contributed by atoms with van der Waals surface area (Å²) >= 11 is 0. The first-order valence-corrected chi connectivity index (χ1v) is 8.48. The van der Waals surface area contributed by atoms with Gasteiger partial charge in [0.05, 0.1) is 5.56 Å². The molecule has 1 aliphatic heterocycles. The molecule has 5 nitrogen and oxygen atoms in total. The number of aryl methyl sites for hydroxylation is 2. The van der Waals surface area contributed by atoms with Crippen molar-refractivity contribution in [2.45, 2.75) is 33.6 Å². The molecule has 24 heavy (non-hydrogen) atoms. The molecule has 2 aromatic rings. The molecule has 2 heterocycles. The van der Waals surface area contributed by atoms with Gasteiger partial charge in [-0.2, -0.15) is 0 Å². The Balaban J connectivity index is 1.69. The molecule has 5 heteroatoms. The Morgan fingerprint density at radius 1 is 1.17 bits per heavy atom. The fourth-order valence-electron chi connectivity index (χ4n) is 3.22. The van der Waals surface area contributed by atoms with Crippen LogP contribution in [-0.2, 0) is 0 Å². The van der Waals surface area contributed by atoms with Gasteiger partial charge in [-0.1, -0.05) is 13.0 Å². The summed E-state index contributed by atoms with van der Waals surface area (Å²) in [4.78, 5) is 23.3. The summed E-state index contributed by atoms with van der Waals surface area (Å²) in [5.41, 5.74) is 3.52. The van der Waals surface area contributed by atoms with Crippen molar-refractivity contribution in [2.24, 2.45) is 5.92 Å². The van der Waals surface area contributed by atoms with E-state index in [0.29, 0.717) is 17.4 Å². The highest BCUT2D eigenvalue weighted by Crippen LogP contribution is 2.20. The molecule has 3 rings (SSSR count). The SMILES string of the molecule is Cc1cc(C)cc(NC(=O)c2cnc(N3CCCC(C)C3)nc2)c1. The van der Waals surface area contributed by atoms with E-state index in [1.165, 1.54) is 12.8 Å². The smallest absolute Gasteiger partial charge is 0.258 e. The highest BCUT2D eigenvalue weighted by Gasteiger charge is 2.19. The lowest BCUT2D eigenvalue weighted by Gasteiger charge is -2.30. The lowest BCUT2D eigenvalue weighted by Crippen LogP contribution is -2.35. The van der Waals surface area contributed by atoms with Crippen LogP contribution in [-0.4, -0.2) is 29.0 Å². The number of hydrogen-bond donors (Lipinski definition) is 1. The normalized spacial score (nSPS) is 17.6. The van der Waals surface area contributed by atoms with Crippen LogP contribution in [0.25, 0.3) is 0 Å². The molecule has 1 unspecified atom stereocenters. The maximum absolute atomic E-state index is 12.4. The second-order valence-corrected chi connectivity index (χ2v) is 6.80. The van der Waals surface area contributed by atoms with Gasteiger partial charge in [0.25, 0.3) is 5.91 Å². The minimum absolute atomic E-state index is 0.182. The summed E-state index contributed by atoms with van der Waals surface area (Å²) in [6.45, 7) is 8.24. The molecule has 1 aromatic carbocycles. The van der Waals surface area contributed by atoms with Crippen LogP contribution in [0.15, 0.2) is 30.6 Å². The zero-order valence-corrected chi connectivity index (χ0v) is 14.5. The van der Waals surface area contributed by atoms with Crippen molar-refractivity contribution in [3.8, 4) is 0 Å². The summed E-state index contributed by atoms with van der Waals surface area (Å²) in [5, 5.41) is 2.91. The predicted octanol–water partition coefficient (Wildman–Crippen LogP) is 3.58. The first kappa shape index (κ1) is 16.4. The summed E-state index contributed by atoms with van der Waals surface area (Å²) in [6.07, 6.45) is 5.64. The van der Waals surface area contributed by atoms with E-state index in [1.54, 1.807) is 12.4 Å². The van der Waals surface area contributed by atoms with E-state index in [9.17, 15) is 4.79 Å². The fraction of sp³-hybridized carbons (Fsp3) is 0.421. The van der Waals surface area contributed by atoms with Crippen LogP contribution in [0.2, 0.25) is 0 Å². The molecule has 0 aliphatic carbocycles. The summed E-state index contributed by atoms with van der Waals surface area (Å²) in [7, 11) is 0. The van der Waals surface area contributed by atoms with Gasteiger partial charge in [0, 0.05) is 31.2 Å². The number of carbonyl (C=O) groups excluding carboxylic acids is 1. The molecule has 1 atom stereocenters. The molecule has 1 fully saturated rings. The van der Waals surface area contributed by atoms with Crippen molar-refractivity contribution in [3.63, 3.8) is 0 Å². The monoisotopic (exact) mass is 324 g/mol. The minimum Gasteiger partial charge on any atom is -0.341 e. The van der Waals surface area contributed by atoms with Crippen molar-refractivity contribution in [1.29, 1.82) is 0 Å². The molecule has 1 aromatic heterocycles. The van der Waals surface area contributed by atoms with Crippen molar-refractivity contribution in [3.05, 3.63) is 47.3 Å². The number of rotatable bonds is 3. The third kappa shape index (κ3) is 3.91. The standard InChI is InChI=1S/C19H24N4O/c1-13-5-4-6-23(12-13)19-20-10-16(11-21-19)18(24)22-17-8-14(2)7-15(3)9-17/h7-11,13H,4-6,12H2,1-3H3,(H,22,24). The van der Waals surface area contributed by atoms with Crippen LogP contribution in [0.5, 0.6) is 0 Å². The van der Waals surface area contributed by atoms with Crippen LogP contribution < -0.4 is 10.2 Å². The average Bonchev–Trinajstić information content (AvgIpc) is 2.54. The molecule has 1 saturated heterocycles. The molecule has 0 bridgehead atoms. The lowest BCUT2D eigenvalue weighted by molar-refractivity contribution is 0.102. The van der Waals surface area contributed by atoms with E-state index >= 15 is 0 Å².